The first kappa shape index (κ1) is 32.1. The van der Waals surface area contributed by atoms with Gasteiger partial charge < -0.3 is 9.80 Å². The van der Waals surface area contributed by atoms with E-state index in [0.717, 1.165) is 23.7 Å². The molecule has 1 unspecified atom stereocenters. The summed E-state index contributed by atoms with van der Waals surface area (Å²) in [6.45, 7) is 0.110. The maximum Gasteiger partial charge on any atom is 0.252 e. The number of para-hydroxylation sites is 2. The van der Waals surface area contributed by atoms with Crippen molar-refractivity contribution in [2.45, 2.75) is 62.2 Å². The largest absolute Gasteiger partial charge is 0.311 e. The topological polar surface area (TPSA) is 6.48 Å². The molecule has 2 aliphatic heterocycles. The fourth-order valence-electron chi connectivity index (χ4n) is 15.5. The standard InChI is InChI=1S/C56H45BN2/c1-2-12-38(13-3-1)58-50-22-11-23-51-54(50)57(47-30-41-39-14-4-6-16-42(39)56(45(41)31-52(47)58)33-35-25-27-37(56)29-35)46-19-8-9-20-48(46)59(51)49-21-10-18-44-53(49)40-15-5-7-17-43(40)55(44)32-34-24-26-36(55)28-34/h1-23,30-31,34-37H,24-29,32-33H2/t34?,35-,36+,37+,55+,56+/m1/s1. The first-order valence-electron chi connectivity index (χ1n) is 22.6. The molecule has 59 heavy (non-hydrogen) atoms. The van der Waals surface area contributed by atoms with E-state index >= 15 is 0 Å². The van der Waals surface area contributed by atoms with Crippen LogP contribution in [0.15, 0.2) is 152 Å². The Morgan fingerprint density at radius 3 is 1.76 bits per heavy atom. The van der Waals surface area contributed by atoms with E-state index < -0.39 is 0 Å². The number of hydrogen-bond donors (Lipinski definition) is 0. The molecular weight excluding hydrogens is 711 g/mol. The van der Waals surface area contributed by atoms with Gasteiger partial charge in [-0.2, -0.15) is 0 Å². The molecule has 15 rings (SSSR count). The predicted octanol–water partition coefficient (Wildman–Crippen LogP) is 11.9. The van der Waals surface area contributed by atoms with E-state index in [1.807, 2.05) is 0 Å². The van der Waals surface area contributed by atoms with E-state index in [2.05, 4.69) is 161 Å². The van der Waals surface area contributed by atoms with Crippen molar-refractivity contribution < 1.29 is 0 Å². The van der Waals surface area contributed by atoms with Gasteiger partial charge in [-0.1, -0.05) is 122 Å². The summed E-state index contributed by atoms with van der Waals surface area (Å²) < 4.78 is 0. The van der Waals surface area contributed by atoms with Crippen LogP contribution in [0.2, 0.25) is 0 Å². The van der Waals surface area contributed by atoms with Gasteiger partial charge in [0.2, 0.25) is 0 Å². The van der Waals surface area contributed by atoms with Crippen LogP contribution in [0.5, 0.6) is 0 Å². The lowest BCUT2D eigenvalue weighted by Gasteiger charge is -2.45. The molecule has 0 N–H and O–H groups in total. The zero-order valence-electron chi connectivity index (χ0n) is 33.4. The van der Waals surface area contributed by atoms with E-state index in [0.29, 0.717) is 0 Å². The van der Waals surface area contributed by atoms with Crippen molar-refractivity contribution >= 4 is 57.2 Å². The lowest BCUT2D eigenvalue weighted by atomic mass is 9.33. The second-order valence-corrected chi connectivity index (χ2v) is 19.6. The molecule has 0 amide bonds. The fraction of sp³-hybridized carbons (Fsp3) is 0.250. The quantitative estimate of drug-likeness (QED) is 0.162. The van der Waals surface area contributed by atoms with Crippen molar-refractivity contribution in [2.75, 3.05) is 9.80 Å². The minimum atomic E-state index is 0.110. The number of fused-ring (bicyclic) bond motifs is 20. The average molecular weight is 757 g/mol. The molecule has 0 saturated heterocycles. The summed E-state index contributed by atoms with van der Waals surface area (Å²) in [7, 11) is 0. The van der Waals surface area contributed by atoms with Gasteiger partial charge >= 0.3 is 0 Å². The Bertz CT molecular complexity index is 2990. The van der Waals surface area contributed by atoms with Gasteiger partial charge in [-0.05, 0) is 160 Å². The number of benzene rings is 7. The zero-order chi connectivity index (χ0) is 38.2. The van der Waals surface area contributed by atoms with Crippen LogP contribution in [-0.2, 0) is 10.8 Å². The first-order valence-corrected chi connectivity index (χ1v) is 22.6. The van der Waals surface area contributed by atoms with Gasteiger partial charge in [0.05, 0.1) is 5.69 Å². The van der Waals surface area contributed by atoms with Crippen LogP contribution in [0.3, 0.4) is 0 Å². The van der Waals surface area contributed by atoms with E-state index in [-0.39, 0.29) is 17.5 Å². The second-order valence-electron chi connectivity index (χ2n) is 19.6. The van der Waals surface area contributed by atoms with Crippen LogP contribution in [0.4, 0.5) is 34.1 Å². The Morgan fingerprint density at radius 1 is 0.424 bits per heavy atom. The van der Waals surface area contributed by atoms with Gasteiger partial charge in [0, 0.05) is 44.8 Å². The van der Waals surface area contributed by atoms with Gasteiger partial charge in [0.1, 0.15) is 0 Å². The molecule has 2 heterocycles. The monoisotopic (exact) mass is 756 g/mol. The number of nitrogens with zero attached hydrogens (tertiary/aromatic N) is 2. The molecule has 4 fully saturated rings. The Balaban J connectivity index is 1.01. The Morgan fingerprint density at radius 2 is 1.02 bits per heavy atom. The summed E-state index contributed by atoms with van der Waals surface area (Å²) in [5.74, 6) is 3.14. The van der Waals surface area contributed by atoms with E-state index in [4.69, 9.17) is 0 Å². The van der Waals surface area contributed by atoms with Crippen molar-refractivity contribution in [1.82, 2.24) is 0 Å². The molecule has 2 nitrogen and oxygen atoms in total. The number of hydrogen-bond acceptors (Lipinski definition) is 2. The fourth-order valence-corrected chi connectivity index (χ4v) is 15.5. The molecule has 7 aromatic rings. The maximum absolute atomic E-state index is 2.69. The minimum Gasteiger partial charge on any atom is -0.311 e. The molecule has 3 heteroatoms. The third-order valence-corrected chi connectivity index (χ3v) is 17.4. The summed E-state index contributed by atoms with van der Waals surface area (Å²) in [6, 6.07) is 59.5. The molecule has 6 atom stereocenters. The zero-order valence-corrected chi connectivity index (χ0v) is 33.4. The van der Waals surface area contributed by atoms with Crippen molar-refractivity contribution in [3.8, 4) is 22.3 Å². The van der Waals surface area contributed by atoms with Crippen LogP contribution in [-0.4, -0.2) is 6.71 Å². The van der Waals surface area contributed by atoms with E-state index in [1.165, 1.54) is 124 Å². The number of anilines is 6. The van der Waals surface area contributed by atoms with E-state index in [9.17, 15) is 0 Å². The van der Waals surface area contributed by atoms with Crippen molar-refractivity contribution in [1.29, 1.82) is 0 Å². The Kier molecular flexibility index (Phi) is 6.02. The Labute approximate surface area is 347 Å². The van der Waals surface area contributed by atoms with Gasteiger partial charge in [-0.15, -0.1) is 0 Å². The molecule has 4 saturated carbocycles. The molecule has 0 radical (unpaired) electrons. The summed E-state index contributed by atoms with van der Waals surface area (Å²) >= 11 is 0. The molecule has 282 valence electrons. The van der Waals surface area contributed by atoms with Crippen molar-refractivity contribution in [3.05, 3.63) is 174 Å². The number of rotatable bonds is 2. The summed E-state index contributed by atoms with van der Waals surface area (Å²) in [4.78, 5) is 5.31. The summed E-state index contributed by atoms with van der Waals surface area (Å²) in [5, 5.41) is 0. The second kappa shape index (κ2) is 11.1. The van der Waals surface area contributed by atoms with Crippen LogP contribution in [0.1, 0.15) is 73.6 Å². The van der Waals surface area contributed by atoms with Crippen molar-refractivity contribution in [3.63, 3.8) is 0 Å². The van der Waals surface area contributed by atoms with Crippen molar-refractivity contribution in [2.24, 2.45) is 23.7 Å². The lowest BCUT2D eigenvalue weighted by Crippen LogP contribution is -2.61. The molecule has 2 spiro atoms. The van der Waals surface area contributed by atoms with Gasteiger partial charge in [-0.25, -0.2) is 0 Å². The van der Waals surface area contributed by atoms with Crippen LogP contribution in [0.25, 0.3) is 22.3 Å². The van der Waals surface area contributed by atoms with Crippen LogP contribution in [0, 0.1) is 23.7 Å². The SMILES string of the molecule is c1ccc(N2c3cc4c(cc3B3c5ccccc5N(c5cccc6c5-c5ccccc5[C@@]65CC6CC[C@H]5C6)c5cccc2c53)-c2ccccc2[C@@]42C[C@@H]3CC[C@H]2C3)cc1. The minimum absolute atomic E-state index is 0.110. The molecular formula is C56H45BN2. The average Bonchev–Trinajstić information content (AvgIpc) is 4.17. The van der Waals surface area contributed by atoms with Crippen LogP contribution < -0.4 is 26.2 Å². The summed E-state index contributed by atoms with van der Waals surface area (Å²) in [5.41, 5.74) is 24.6. The molecule has 7 aromatic carbocycles. The first-order chi connectivity index (χ1) is 29.2. The molecule has 0 aromatic heterocycles. The van der Waals surface area contributed by atoms with Gasteiger partial charge in [0.25, 0.3) is 6.71 Å². The highest BCUT2D eigenvalue weighted by Gasteiger charge is 2.59. The maximum atomic E-state index is 2.69. The third-order valence-electron chi connectivity index (χ3n) is 17.4. The van der Waals surface area contributed by atoms with Crippen LogP contribution >= 0.6 is 0 Å². The highest BCUT2D eigenvalue weighted by molar-refractivity contribution is 7.00. The highest BCUT2D eigenvalue weighted by Crippen LogP contribution is 2.68. The smallest absolute Gasteiger partial charge is 0.252 e. The molecule has 6 aliphatic carbocycles. The summed E-state index contributed by atoms with van der Waals surface area (Å²) in [6.07, 6.45) is 10.8. The van der Waals surface area contributed by atoms with Gasteiger partial charge in [-0.3, -0.25) is 0 Å². The predicted molar refractivity (Wildman–Crippen MR) is 244 cm³/mol. The molecule has 4 bridgehead atoms. The van der Waals surface area contributed by atoms with E-state index in [1.54, 1.807) is 22.3 Å². The van der Waals surface area contributed by atoms with Gasteiger partial charge in [0.15, 0.2) is 0 Å². The molecule has 8 aliphatic rings. The third kappa shape index (κ3) is 3.75. The normalized spacial score (nSPS) is 27.5. The Hall–Kier alpha value is -5.80. The highest BCUT2D eigenvalue weighted by atomic mass is 15.2. The lowest BCUT2D eigenvalue weighted by molar-refractivity contribution is 0.327.